The van der Waals surface area contributed by atoms with E-state index in [9.17, 15) is 5.11 Å². The smallest absolute Gasteiger partial charge is 0.134 e. The first-order valence-corrected chi connectivity index (χ1v) is 5.96. The molecule has 1 aliphatic rings. The summed E-state index contributed by atoms with van der Waals surface area (Å²) in [5, 5.41) is 17.6. The molecule has 0 spiro atoms. The maximum absolute atomic E-state index is 9.39. The number of hydrogen-bond donors (Lipinski definition) is 2. The Morgan fingerprint density at radius 1 is 1.53 bits per heavy atom. The molecule has 0 unspecified atom stereocenters. The van der Waals surface area contributed by atoms with Crippen molar-refractivity contribution in [2.75, 3.05) is 25.5 Å². The summed E-state index contributed by atoms with van der Waals surface area (Å²) in [6.45, 7) is 2.73. The van der Waals surface area contributed by atoms with Gasteiger partial charge >= 0.3 is 0 Å². The molecule has 1 aliphatic heterocycles. The maximum Gasteiger partial charge on any atom is 0.134 e. The van der Waals surface area contributed by atoms with Gasteiger partial charge in [0.15, 0.2) is 0 Å². The number of anilines is 1. The molecule has 0 amide bonds. The highest BCUT2D eigenvalue weighted by Gasteiger charge is 2.19. The van der Waals surface area contributed by atoms with E-state index in [0.717, 1.165) is 43.2 Å². The fourth-order valence-electron chi connectivity index (χ4n) is 1.79. The van der Waals surface area contributed by atoms with E-state index in [1.54, 1.807) is 0 Å². The van der Waals surface area contributed by atoms with Crippen molar-refractivity contribution in [3.63, 3.8) is 0 Å². The lowest BCUT2D eigenvalue weighted by atomic mass is 10.1. The van der Waals surface area contributed by atoms with Crippen LogP contribution in [0.25, 0.3) is 0 Å². The summed E-state index contributed by atoms with van der Waals surface area (Å²) >= 11 is 1.39. The minimum absolute atomic E-state index is 0.112. The molecule has 1 aromatic heterocycles. The van der Waals surface area contributed by atoms with Gasteiger partial charge in [-0.1, -0.05) is 4.49 Å². The molecule has 6 heteroatoms. The molecule has 1 aromatic rings. The van der Waals surface area contributed by atoms with Crippen molar-refractivity contribution in [2.45, 2.75) is 25.5 Å². The van der Waals surface area contributed by atoms with Gasteiger partial charge in [0.1, 0.15) is 10.7 Å². The Kier molecular flexibility index (Phi) is 3.50. The van der Waals surface area contributed by atoms with E-state index in [2.05, 4.69) is 19.8 Å². The highest BCUT2D eigenvalue weighted by molar-refractivity contribution is 7.10. The van der Waals surface area contributed by atoms with Gasteiger partial charge in [0.05, 0.1) is 6.10 Å². The van der Waals surface area contributed by atoms with Crippen LogP contribution in [0.15, 0.2) is 0 Å². The van der Waals surface area contributed by atoms with Gasteiger partial charge < -0.3 is 10.4 Å². The largest absolute Gasteiger partial charge is 0.393 e. The number of aliphatic hydroxyl groups is 1. The lowest BCUT2D eigenvalue weighted by molar-refractivity contribution is 0.0787. The molecule has 0 aromatic carbocycles. The molecular formula is C9H16N4OS. The molecule has 2 N–H and O–H groups in total. The van der Waals surface area contributed by atoms with Crippen LogP contribution in [0.3, 0.4) is 0 Å². The molecule has 5 nitrogen and oxygen atoms in total. The van der Waals surface area contributed by atoms with Crippen molar-refractivity contribution in [3.8, 4) is 0 Å². The van der Waals surface area contributed by atoms with Gasteiger partial charge in [-0.25, -0.2) is 0 Å². The number of piperidine rings is 1. The van der Waals surface area contributed by atoms with Gasteiger partial charge in [-0.15, -0.1) is 5.10 Å². The van der Waals surface area contributed by atoms with Crippen molar-refractivity contribution < 1.29 is 5.11 Å². The normalized spacial score (nSPS) is 19.3. The molecule has 1 fully saturated rings. The van der Waals surface area contributed by atoms with E-state index in [1.807, 2.05) is 7.05 Å². The van der Waals surface area contributed by atoms with E-state index >= 15 is 0 Å². The molecule has 0 bridgehead atoms. The predicted octanol–water partition coefficient (Wildman–Crippen LogP) is 0.536. The number of likely N-dealkylation sites (tertiary alicyclic amines) is 1. The highest BCUT2D eigenvalue weighted by atomic mass is 32.1. The zero-order chi connectivity index (χ0) is 10.7. The average Bonchev–Trinajstić information content (AvgIpc) is 2.69. The van der Waals surface area contributed by atoms with Gasteiger partial charge in [-0.3, -0.25) is 4.90 Å². The zero-order valence-electron chi connectivity index (χ0n) is 8.81. The van der Waals surface area contributed by atoms with Crippen LogP contribution in [-0.2, 0) is 6.54 Å². The molecule has 15 heavy (non-hydrogen) atoms. The molecule has 0 atom stereocenters. The molecular weight excluding hydrogens is 212 g/mol. The fourth-order valence-corrected chi connectivity index (χ4v) is 2.31. The van der Waals surface area contributed by atoms with Crippen LogP contribution in [0, 0.1) is 0 Å². The summed E-state index contributed by atoms with van der Waals surface area (Å²) in [4.78, 5) is 2.31. The van der Waals surface area contributed by atoms with Crippen molar-refractivity contribution >= 4 is 16.5 Å². The Morgan fingerprint density at radius 3 is 2.93 bits per heavy atom. The number of nitrogens with zero attached hydrogens (tertiary/aromatic N) is 3. The summed E-state index contributed by atoms with van der Waals surface area (Å²) < 4.78 is 3.93. The minimum atomic E-state index is -0.112. The number of hydrogen-bond acceptors (Lipinski definition) is 6. The van der Waals surface area contributed by atoms with E-state index < -0.39 is 0 Å². The SMILES string of the molecule is CNc1snnc1CN1CCC(O)CC1. The van der Waals surface area contributed by atoms with Crippen molar-refractivity contribution in [2.24, 2.45) is 0 Å². The number of rotatable bonds is 3. The zero-order valence-corrected chi connectivity index (χ0v) is 9.63. The van der Waals surface area contributed by atoms with Gasteiger partial charge in [0.2, 0.25) is 0 Å². The van der Waals surface area contributed by atoms with Crippen molar-refractivity contribution in [1.29, 1.82) is 0 Å². The molecule has 0 saturated carbocycles. The molecule has 2 heterocycles. The van der Waals surface area contributed by atoms with Gasteiger partial charge in [-0.05, 0) is 12.8 Å². The van der Waals surface area contributed by atoms with E-state index in [1.165, 1.54) is 11.5 Å². The minimum Gasteiger partial charge on any atom is -0.393 e. The molecule has 0 aliphatic carbocycles. The van der Waals surface area contributed by atoms with E-state index in [-0.39, 0.29) is 6.10 Å². The molecule has 1 saturated heterocycles. The first kappa shape index (κ1) is 10.8. The van der Waals surface area contributed by atoms with Gasteiger partial charge in [-0.2, -0.15) is 0 Å². The molecule has 84 valence electrons. The van der Waals surface area contributed by atoms with Crippen LogP contribution in [0.4, 0.5) is 5.00 Å². The Bertz CT molecular complexity index is 309. The summed E-state index contributed by atoms with van der Waals surface area (Å²) in [5.74, 6) is 0. The lowest BCUT2D eigenvalue weighted by Crippen LogP contribution is -2.35. The summed E-state index contributed by atoms with van der Waals surface area (Å²) in [6.07, 6.45) is 1.62. The second kappa shape index (κ2) is 4.87. The van der Waals surface area contributed by atoms with E-state index in [4.69, 9.17) is 0 Å². The fraction of sp³-hybridized carbons (Fsp3) is 0.778. The number of nitrogens with one attached hydrogen (secondary N) is 1. The lowest BCUT2D eigenvalue weighted by Gasteiger charge is -2.28. The van der Waals surface area contributed by atoms with Crippen LogP contribution in [0.1, 0.15) is 18.5 Å². The van der Waals surface area contributed by atoms with Crippen LogP contribution < -0.4 is 5.32 Å². The third-order valence-corrected chi connectivity index (χ3v) is 3.50. The Labute approximate surface area is 93.3 Å². The summed E-state index contributed by atoms with van der Waals surface area (Å²) in [5.41, 5.74) is 1.01. The second-order valence-electron chi connectivity index (χ2n) is 3.81. The van der Waals surface area contributed by atoms with Gasteiger partial charge in [0, 0.05) is 38.2 Å². The molecule has 0 radical (unpaired) electrons. The van der Waals surface area contributed by atoms with Crippen LogP contribution in [0.5, 0.6) is 0 Å². The summed E-state index contributed by atoms with van der Waals surface area (Å²) in [6, 6.07) is 0. The first-order valence-electron chi connectivity index (χ1n) is 5.19. The summed E-state index contributed by atoms with van der Waals surface area (Å²) in [7, 11) is 1.89. The van der Waals surface area contributed by atoms with Crippen LogP contribution >= 0.6 is 11.5 Å². The van der Waals surface area contributed by atoms with Crippen molar-refractivity contribution in [1.82, 2.24) is 14.5 Å². The maximum atomic E-state index is 9.39. The topological polar surface area (TPSA) is 61.3 Å². The Hall–Kier alpha value is -0.720. The average molecular weight is 228 g/mol. The Balaban J connectivity index is 1.91. The predicted molar refractivity (Wildman–Crippen MR) is 60.0 cm³/mol. The monoisotopic (exact) mass is 228 g/mol. The molecule has 2 rings (SSSR count). The second-order valence-corrected chi connectivity index (χ2v) is 4.56. The first-order chi connectivity index (χ1) is 7.29. The highest BCUT2D eigenvalue weighted by Crippen LogP contribution is 2.20. The quantitative estimate of drug-likeness (QED) is 0.790. The third kappa shape index (κ3) is 2.64. The van der Waals surface area contributed by atoms with Crippen molar-refractivity contribution in [3.05, 3.63) is 5.69 Å². The number of aliphatic hydroxyl groups excluding tert-OH is 1. The standard InChI is InChI=1S/C9H16N4OS/c1-10-9-8(11-12-15-9)6-13-4-2-7(14)3-5-13/h7,10,14H,2-6H2,1H3. The van der Waals surface area contributed by atoms with Crippen LogP contribution in [-0.4, -0.2) is 45.8 Å². The third-order valence-electron chi connectivity index (χ3n) is 2.71. The Morgan fingerprint density at radius 2 is 2.27 bits per heavy atom. The number of aromatic nitrogens is 2. The van der Waals surface area contributed by atoms with Gasteiger partial charge in [0.25, 0.3) is 0 Å². The van der Waals surface area contributed by atoms with Crippen LogP contribution in [0.2, 0.25) is 0 Å². The van der Waals surface area contributed by atoms with E-state index in [0.29, 0.717) is 0 Å².